The highest BCUT2D eigenvalue weighted by Gasteiger charge is 2.31. The van der Waals surface area contributed by atoms with Crippen molar-refractivity contribution in [1.29, 1.82) is 0 Å². The van der Waals surface area contributed by atoms with Crippen LogP contribution in [0, 0.1) is 0 Å². The van der Waals surface area contributed by atoms with E-state index in [0.29, 0.717) is 13.2 Å². The van der Waals surface area contributed by atoms with E-state index >= 15 is 0 Å². The number of carbonyl (C=O) groups excluding carboxylic acids is 1. The summed E-state index contributed by atoms with van der Waals surface area (Å²) in [6.45, 7) is 3.87. The van der Waals surface area contributed by atoms with Crippen molar-refractivity contribution >= 4 is 11.6 Å². The average molecular weight is 351 g/mol. The number of piperidine rings is 1. The molecular formula is C21H25N3O2. The van der Waals surface area contributed by atoms with Crippen LogP contribution in [0.15, 0.2) is 48.7 Å². The molecule has 0 aliphatic carbocycles. The van der Waals surface area contributed by atoms with E-state index in [9.17, 15) is 4.79 Å². The SMILES string of the molecule is O=C(c1ccccc1N1CCOCC1)N1CCCC[C@H]1c1ccccn1. The zero-order valence-electron chi connectivity index (χ0n) is 15.0. The molecule has 1 aromatic heterocycles. The Morgan fingerprint density at radius 3 is 2.62 bits per heavy atom. The van der Waals surface area contributed by atoms with E-state index < -0.39 is 0 Å². The van der Waals surface area contributed by atoms with Gasteiger partial charge in [-0.25, -0.2) is 0 Å². The summed E-state index contributed by atoms with van der Waals surface area (Å²) >= 11 is 0. The van der Waals surface area contributed by atoms with Gasteiger partial charge in [-0.15, -0.1) is 0 Å². The Hall–Kier alpha value is -2.40. The Morgan fingerprint density at radius 1 is 1.00 bits per heavy atom. The Kier molecular flexibility index (Phi) is 5.16. The smallest absolute Gasteiger partial charge is 0.256 e. The molecule has 4 rings (SSSR count). The number of carbonyl (C=O) groups is 1. The topological polar surface area (TPSA) is 45.7 Å². The van der Waals surface area contributed by atoms with Crippen LogP contribution in [-0.2, 0) is 4.74 Å². The number of benzene rings is 1. The maximum Gasteiger partial charge on any atom is 0.256 e. The molecule has 2 aliphatic heterocycles. The first-order chi connectivity index (χ1) is 12.8. The van der Waals surface area contributed by atoms with E-state index in [2.05, 4.69) is 16.0 Å². The summed E-state index contributed by atoms with van der Waals surface area (Å²) in [5.41, 5.74) is 2.80. The molecule has 0 bridgehead atoms. The fraction of sp³-hybridized carbons (Fsp3) is 0.429. The van der Waals surface area contributed by atoms with Gasteiger partial charge in [-0.3, -0.25) is 9.78 Å². The van der Waals surface area contributed by atoms with Crippen LogP contribution in [0.1, 0.15) is 41.4 Å². The van der Waals surface area contributed by atoms with Crippen LogP contribution in [0.4, 0.5) is 5.69 Å². The van der Waals surface area contributed by atoms with E-state index in [1.165, 1.54) is 0 Å². The summed E-state index contributed by atoms with van der Waals surface area (Å²) in [7, 11) is 0. The highest BCUT2D eigenvalue weighted by Crippen LogP contribution is 2.33. The molecule has 0 spiro atoms. The number of pyridine rings is 1. The second-order valence-electron chi connectivity index (χ2n) is 6.88. The number of likely N-dealkylation sites (tertiary alicyclic amines) is 1. The van der Waals surface area contributed by atoms with Crippen LogP contribution in [0.5, 0.6) is 0 Å². The van der Waals surface area contributed by atoms with Gasteiger partial charge >= 0.3 is 0 Å². The van der Waals surface area contributed by atoms with Crippen molar-refractivity contribution in [2.24, 2.45) is 0 Å². The van der Waals surface area contributed by atoms with Gasteiger partial charge in [0.2, 0.25) is 0 Å². The van der Waals surface area contributed by atoms with E-state index in [0.717, 1.165) is 55.8 Å². The molecule has 26 heavy (non-hydrogen) atoms. The predicted octanol–water partition coefficient (Wildman–Crippen LogP) is 3.29. The summed E-state index contributed by atoms with van der Waals surface area (Å²) < 4.78 is 5.47. The van der Waals surface area contributed by atoms with Crippen molar-refractivity contribution in [1.82, 2.24) is 9.88 Å². The molecule has 136 valence electrons. The molecule has 1 aromatic carbocycles. The standard InChI is InChI=1S/C21H25N3O2/c25-21(17-7-1-2-9-19(17)23-13-15-26-16-14-23)24-12-6-4-10-20(24)18-8-3-5-11-22-18/h1-3,5,7-9,11,20H,4,6,10,12-16H2/t20-/m0/s1. The molecule has 2 aromatic rings. The van der Waals surface area contributed by atoms with E-state index in [1.807, 2.05) is 47.5 Å². The maximum atomic E-state index is 13.5. The number of ether oxygens (including phenoxy) is 1. The number of nitrogens with zero attached hydrogens (tertiary/aromatic N) is 3. The quantitative estimate of drug-likeness (QED) is 0.851. The molecule has 2 saturated heterocycles. The number of amides is 1. The van der Waals surface area contributed by atoms with Crippen LogP contribution in [0.3, 0.4) is 0 Å². The van der Waals surface area contributed by atoms with Crippen LogP contribution in [0.25, 0.3) is 0 Å². The number of anilines is 1. The zero-order valence-corrected chi connectivity index (χ0v) is 15.0. The fourth-order valence-corrected chi connectivity index (χ4v) is 3.94. The van der Waals surface area contributed by atoms with Gasteiger partial charge in [0.1, 0.15) is 0 Å². The highest BCUT2D eigenvalue weighted by atomic mass is 16.5. The Balaban J connectivity index is 1.64. The third-order valence-corrected chi connectivity index (χ3v) is 5.28. The minimum absolute atomic E-state index is 0.0650. The van der Waals surface area contributed by atoms with Gasteiger partial charge in [0, 0.05) is 31.5 Å². The summed E-state index contributed by atoms with van der Waals surface area (Å²) in [6, 6.07) is 14.0. The number of hydrogen-bond donors (Lipinski definition) is 0. The number of hydrogen-bond acceptors (Lipinski definition) is 4. The third kappa shape index (κ3) is 3.44. The van der Waals surface area contributed by atoms with E-state index in [1.54, 1.807) is 0 Å². The largest absolute Gasteiger partial charge is 0.378 e. The first-order valence-corrected chi connectivity index (χ1v) is 9.48. The van der Waals surface area contributed by atoms with Crippen LogP contribution >= 0.6 is 0 Å². The second kappa shape index (κ2) is 7.87. The van der Waals surface area contributed by atoms with Gasteiger partial charge in [-0.1, -0.05) is 18.2 Å². The monoisotopic (exact) mass is 351 g/mol. The molecule has 3 heterocycles. The molecular weight excluding hydrogens is 326 g/mol. The lowest BCUT2D eigenvalue weighted by molar-refractivity contribution is 0.0605. The third-order valence-electron chi connectivity index (χ3n) is 5.28. The van der Waals surface area contributed by atoms with Crippen molar-refractivity contribution < 1.29 is 9.53 Å². The summed E-state index contributed by atoms with van der Waals surface area (Å²) in [5.74, 6) is 0.113. The Bertz CT molecular complexity index is 744. The molecule has 1 atom stereocenters. The summed E-state index contributed by atoms with van der Waals surface area (Å²) in [6.07, 6.45) is 4.97. The lowest BCUT2D eigenvalue weighted by atomic mass is 9.97. The van der Waals surface area contributed by atoms with Crippen LogP contribution in [0.2, 0.25) is 0 Å². The number of morpholine rings is 1. The van der Waals surface area contributed by atoms with Crippen molar-refractivity contribution in [3.8, 4) is 0 Å². The molecule has 1 amide bonds. The molecule has 0 N–H and O–H groups in total. The van der Waals surface area contributed by atoms with Crippen molar-refractivity contribution in [2.75, 3.05) is 37.7 Å². The van der Waals surface area contributed by atoms with Crippen LogP contribution in [-0.4, -0.2) is 48.6 Å². The van der Waals surface area contributed by atoms with Crippen LogP contribution < -0.4 is 4.90 Å². The van der Waals surface area contributed by atoms with E-state index in [-0.39, 0.29) is 11.9 Å². The second-order valence-corrected chi connectivity index (χ2v) is 6.88. The maximum absolute atomic E-state index is 13.5. The minimum Gasteiger partial charge on any atom is -0.378 e. The van der Waals surface area contributed by atoms with Gasteiger partial charge in [-0.2, -0.15) is 0 Å². The summed E-state index contributed by atoms with van der Waals surface area (Å²) in [4.78, 5) is 22.3. The number of para-hydroxylation sites is 1. The van der Waals surface area contributed by atoms with Crippen molar-refractivity contribution in [3.63, 3.8) is 0 Å². The fourth-order valence-electron chi connectivity index (χ4n) is 3.94. The predicted molar refractivity (Wildman–Crippen MR) is 101 cm³/mol. The molecule has 0 saturated carbocycles. The normalized spacial score (nSPS) is 20.8. The molecule has 0 radical (unpaired) electrons. The zero-order chi connectivity index (χ0) is 17.8. The molecule has 0 unspecified atom stereocenters. The average Bonchev–Trinajstić information content (AvgIpc) is 2.74. The molecule has 2 fully saturated rings. The lowest BCUT2D eigenvalue weighted by Crippen LogP contribution is -2.41. The lowest BCUT2D eigenvalue weighted by Gasteiger charge is -2.37. The Labute approximate surface area is 154 Å². The number of aromatic nitrogens is 1. The molecule has 5 heteroatoms. The molecule has 2 aliphatic rings. The van der Waals surface area contributed by atoms with Crippen molar-refractivity contribution in [2.45, 2.75) is 25.3 Å². The summed E-state index contributed by atoms with van der Waals surface area (Å²) in [5, 5.41) is 0. The van der Waals surface area contributed by atoms with Gasteiger partial charge in [0.25, 0.3) is 5.91 Å². The van der Waals surface area contributed by atoms with Gasteiger partial charge in [0.15, 0.2) is 0 Å². The Morgan fingerprint density at radius 2 is 1.81 bits per heavy atom. The highest BCUT2D eigenvalue weighted by molar-refractivity contribution is 6.00. The molecule has 5 nitrogen and oxygen atoms in total. The first kappa shape index (κ1) is 17.0. The first-order valence-electron chi connectivity index (χ1n) is 9.48. The van der Waals surface area contributed by atoms with Crippen molar-refractivity contribution in [3.05, 3.63) is 59.9 Å². The van der Waals surface area contributed by atoms with E-state index in [4.69, 9.17) is 4.74 Å². The van der Waals surface area contributed by atoms with Gasteiger partial charge in [0.05, 0.1) is 30.5 Å². The van der Waals surface area contributed by atoms with Gasteiger partial charge < -0.3 is 14.5 Å². The number of rotatable bonds is 3. The van der Waals surface area contributed by atoms with Gasteiger partial charge in [-0.05, 0) is 43.5 Å². The minimum atomic E-state index is 0.0650.